The lowest BCUT2D eigenvalue weighted by Crippen LogP contribution is -1.87. The van der Waals surface area contributed by atoms with Crippen LogP contribution in [-0.2, 0) is 10.0 Å². The van der Waals surface area contributed by atoms with Gasteiger partial charge in [-0.25, -0.2) is 4.21 Å². The minimum Gasteiger partial charge on any atom is -0.243 e. The average Bonchev–Trinajstić information content (AvgIpc) is 1.80. The minimum atomic E-state index is -1.21. The van der Waals surface area contributed by atoms with Gasteiger partial charge in [-0.2, -0.15) is 5.26 Å². The lowest BCUT2D eigenvalue weighted by Gasteiger charge is -1.88. The number of rotatable bonds is 4. The van der Waals surface area contributed by atoms with E-state index in [9.17, 15) is 4.21 Å². The molecule has 0 fully saturated rings. The van der Waals surface area contributed by atoms with Crippen LogP contribution in [0.3, 0.4) is 0 Å². The fourth-order valence-electron chi connectivity index (χ4n) is 0.420. The summed E-state index contributed by atoms with van der Waals surface area (Å²) in [7, 11) is 3.94. The van der Waals surface area contributed by atoms with Crippen LogP contribution in [0.1, 0.15) is 19.3 Å². The van der Waals surface area contributed by atoms with Crippen molar-refractivity contribution in [2.45, 2.75) is 19.3 Å². The van der Waals surface area contributed by atoms with Crippen molar-refractivity contribution in [1.82, 2.24) is 0 Å². The van der Waals surface area contributed by atoms with Crippen LogP contribution in [0, 0.1) is 11.3 Å². The number of nitriles is 1. The second-order valence-corrected chi connectivity index (χ2v) is 3.63. The molecule has 0 bridgehead atoms. The zero-order chi connectivity index (χ0) is 7.11. The Kier molecular flexibility index (Phi) is 6.01. The van der Waals surface area contributed by atoms with Crippen LogP contribution in [0.25, 0.3) is 0 Å². The van der Waals surface area contributed by atoms with Gasteiger partial charge >= 0.3 is 0 Å². The molecule has 9 heavy (non-hydrogen) atoms. The Hall–Kier alpha value is -0.0700. The number of hydrogen-bond acceptors (Lipinski definition) is 2. The zero-order valence-electron chi connectivity index (χ0n) is 4.97. The topological polar surface area (TPSA) is 40.9 Å². The fraction of sp³-hybridized carbons (Fsp3) is 0.800. The molecule has 0 heterocycles. The van der Waals surface area contributed by atoms with E-state index in [1.807, 2.05) is 6.07 Å². The first-order chi connectivity index (χ1) is 4.27. The molecule has 52 valence electrons. The van der Waals surface area contributed by atoms with E-state index in [-0.39, 0.29) is 0 Å². The summed E-state index contributed by atoms with van der Waals surface area (Å²) in [6.07, 6.45) is 2.12. The second-order valence-electron chi connectivity index (χ2n) is 1.61. The zero-order valence-corrected chi connectivity index (χ0v) is 6.54. The summed E-state index contributed by atoms with van der Waals surface area (Å²) in [6.45, 7) is 0. The predicted molar refractivity (Wildman–Crippen MR) is 38.3 cm³/mol. The molecular weight excluding hydrogens is 158 g/mol. The Balaban J connectivity index is 2.94. The summed E-state index contributed by atoms with van der Waals surface area (Å²) in [6, 6.07) is 2.00. The standard InChI is InChI=1S/C5H8ClNOS/c6-9(8)5-3-1-2-4-7/h1-3,5H2. The lowest BCUT2D eigenvalue weighted by atomic mass is 10.3. The molecule has 0 aliphatic heterocycles. The first-order valence-corrected chi connectivity index (χ1v) is 4.83. The molecule has 1 unspecified atom stereocenters. The average molecular weight is 166 g/mol. The van der Waals surface area contributed by atoms with Gasteiger partial charge in [-0.15, -0.1) is 0 Å². The van der Waals surface area contributed by atoms with Crippen molar-refractivity contribution in [2.75, 3.05) is 5.75 Å². The summed E-state index contributed by atoms with van der Waals surface area (Å²) >= 11 is 0. The molecule has 0 N–H and O–H groups in total. The maximum absolute atomic E-state index is 10.2. The highest BCUT2D eigenvalue weighted by Crippen LogP contribution is 1.98. The van der Waals surface area contributed by atoms with Crippen molar-refractivity contribution in [2.24, 2.45) is 0 Å². The molecule has 0 spiro atoms. The molecule has 0 amide bonds. The van der Waals surface area contributed by atoms with E-state index in [2.05, 4.69) is 0 Å². The summed E-state index contributed by atoms with van der Waals surface area (Å²) in [5.41, 5.74) is 0. The molecule has 0 aliphatic rings. The molecule has 0 radical (unpaired) electrons. The number of hydrogen-bond donors (Lipinski definition) is 0. The quantitative estimate of drug-likeness (QED) is 0.469. The monoisotopic (exact) mass is 165 g/mol. The number of unbranched alkanes of at least 4 members (excludes halogenated alkanes) is 2. The van der Waals surface area contributed by atoms with Crippen LogP contribution >= 0.6 is 10.7 Å². The van der Waals surface area contributed by atoms with Gasteiger partial charge in [0, 0.05) is 12.2 Å². The van der Waals surface area contributed by atoms with Crippen molar-refractivity contribution in [1.29, 1.82) is 5.26 Å². The smallest absolute Gasteiger partial charge is 0.114 e. The summed E-state index contributed by atoms with van der Waals surface area (Å²) in [4.78, 5) is 0. The van der Waals surface area contributed by atoms with Gasteiger partial charge in [0.25, 0.3) is 0 Å². The van der Waals surface area contributed by atoms with Crippen molar-refractivity contribution in [3.8, 4) is 6.07 Å². The van der Waals surface area contributed by atoms with E-state index in [1.54, 1.807) is 0 Å². The molecule has 0 aliphatic carbocycles. The van der Waals surface area contributed by atoms with E-state index in [0.717, 1.165) is 12.8 Å². The van der Waals surface area contributed by atoms with E-state index in [0.29, 0.717) is 12.2 Å². The molecule has 1 atom stereocenters. The summed E-state index contributed by atoms with van der Waals surface area (Å²) < 4.78 is 10.2. The van der Waals surface area contributed by atoms with Gasteiger partial charge in [-0.05, 0) is 23.5 Å². The lowest BCUT2D eigenvalue weighted by molar-refractivity contribution is 0.686. The maximum atomic E-state index is 10.2. The van der Waals surface area contributed by atoms with Crippen LogP contribution in [-0.4, -0.2) is 9.96 Å². The Bertz CT molecular complexity index is 131. The molecule has 4 heteroatoms. The van der Waals surface area contributed by atoms with Crippen LogP contribution < -0.4 is 0 Å². The van der Waals surface area contributed by atoms with Gasteiger partial charge < -0.3 is 0 Å². The van der Waals surface area contributed by atoms with Gasteiger partial charge in [-0.3, -0.25) is 0 Å². The molecular formula is C5H8ClNOS. The Morgan fingerprint density at radius 3 is 2.67 bits per heavy atom. The van der Waals surface area contributed by atoms with Crippen molar-refractivity contribution >= 4 is 20.7 Å². The van der Waals surface area contributed by atoms with Crippen molar-refractivity contribution < 1.29 is 4.21 Å². The maximum Gasteiger partial charge on any atom is 0.114 e. The highest BCUT2D eigenvalue weighted by molar-refractivity contribution is 8.08. The van der Waals surface area contributed by atoms with Crippen molar-refractivity contribution in [3.05, 3.63) is 0 Å². The first-order valence-electron chi connectivity index (χ1n) is 2.69. The van der Waals surface area contributed by atoms with Crippen LogP contribution in [0.5, 0.6) is 0 Å². The van der Waals surface area contributed by atoms with Gasteiger partial charge in [0.15, 0.2) is 0 Å². The molecule has 0 aromatic heterocycles. The van der Waals surface area contributed by atoms with Gasteiger partial charge in [0.05, 0.1) is 6.07 Å². The van der Waals surface area contributed by atoms with Crippen molar-refractivity contribution in [3.63, 3.8) is 0 Å². The third kappa shape index (κ3) is 7.93. The Morgan fingerprint density at radius 2 is 2.22 bits per heavy atom. The van der Waals surface area contributed by atoms with E-state index in [4.69, 9.17) is 15.9 Å². The Labute approximate surface area is 61.8 Å². The van der Waals surface area contributed by atoms with Crippen LogP contribution in [0.4, 0.5) is 0 Å². The van der Waals surface area contributed by atoms with E-state index in [1.165, 1.54) is 0 Å². The fourth-order valence-corrected chi connectivity index (χ4v) is 1.18. The van der Waals surface area contributed by atoms with E-state index < -0.39 is 10.0 Å². The molecule has 0 aromatic carbocycles. The molecule has 0 saturated carbocycles. The third-order valence-corrected chi connectivity index (χ3v) is 1.92. The van der Waals surface area contributed by atoms with Gasteiger partial charge in [0.1, 0.15) is 10.0 Å². The van der Waals surface area contributed by atoms with E-state index >= 15 is 0 Å². The molecule has 0 saturated heterocycles. The highest BCUT2D eigenvalue weighted by atomic mass is 35.7. The molecule has 0 rings (SSSR count). The Morgan fingerprint density at radius 1 is 1.56 bits per heavy atom. The predicted octanol–water partition coefficient (Wildman–Crippen LogP) is 1.58. The highest BCUT2D eigenvalue weighted by Gasteiger charge is 1.91. The molecule has 2 nitrogen and oxygen atoms in total. The van der Waals surface area contributed by atoms with Gasteiger partial charge in [-0.1, -0.05) is 0 Å². The summed E-state index contributed by atoms with van der Waals surface area (Å²) in [5, 5.41) is 8.07. The normalized spacial score (nSPS) is 12.4. The summed E-state index contributed by atoms with van der Waals surface area (Å²) in [5.74, 6) is 0.503. The third-order valence-electron chi connectivity index (χ3n) is 0.843. The second kappa shape index (κ2) is 6.06. The molecule has 0 aromatic rings. The minimum absolute atomic E-state index is 0.503. The number of halogens is 1. The van der Waals surface area contributed by atoms with Crippen LogP contribution in [0.2, 0.25) is 0 Å². The first kappa shape index (κ1) is 8.93. The van der Waals surface area contributed by atoms with Gasteiger partial charge in [0.2, 0.25) is 0 Å². The SMILES string of the molecule is N#CCCCCS(=O)Cl. The largest absolute Gasteiger partial charge is 0.243 e. The van der Waals surface area contributed by atoms with Crippen LogP contribution in [0.15, 0.2) is 0 Å². The number of nitrogens with zero attached hydrogens (tertiary/aromatic N) is 1.